The predicted molar refractivity (Wildman–Crippen MR) is 41.8 cm³/mol. The van der Waals surface area contributed by atoms with Crippen molar-refractivity contribution in [3.63, 3.8) is 0 Å². The van der Waals surface area contributed by atoms with Crippen molar-refractivity contribution < 1.29 is 8.76 Å². The number of hydrogen-bond donors (Lipinski definition) is 1. The molecule has 1 N–H and O–H groups in total. The van der Waals surface area contributed by atoms with Gasteiger partial charge in [0.15, 0.2) is 0 Å². The first-order valence-corrected chi connectivity index (χ1v) is 4.25. The van der Waals surface area contributed by atoms with E-state index in [0.717, 1.165) is 6.42 Å². The topological polar surface area (TPSA) is 40.5 Å². The minimum absolute atomic E-state index is 0.656. The van der Waals surface area contributed by atoms with Crippen LogP contribution in [0, 0.1) is 0 Å². The van der Waals surface area contributed by atoms with E-state index in [4.69, 9.17) is 4.55 Å². The molecule has 8 heavy (non-hydrogen) atoms. The summed E-state index contributed by atoms with van der Waals surface area (Å²) in [6.07, 6.45) is 0.898. The van der Waals surface area contributed by atoms with Gasteiger partial charge in [0.1, 0.15) is 0 Å². The van der Waals surface area contributed by atoms with Gasteiger partial charge in [-0.15, -0.1) is 2.52 Å². The highest BCUT2D eigenvalue weighted by molar-refractivity contribution is 14.1. The third kappa shape index (κ3) is 3.76. The first kappa shape index (κ1) is 8.80. The average molecular weight is 249 g/mol. The van der Waals surface area contributed by atoms with Gasteiger partial charge in [0.25, 0.3) is 0 Å². The maximum Gasteiger partial charge on any atom is 0.243 e. The minimum Gasteiger partial charge on any atom is -0.293 e. The van der Waals surface area contributed by atoms with Crippen LogP contribution in [0.2, 0.25) is 0 Å². The maximum atomic E-state index is 10.1. The molecule has 3 nitrogen and oxygen atoms in total. The Morgan fingerprint density at radius 1 is 1.88 bits per heavy atom. The molecule has 50 valence electrons. The lowest BCUT2D eigenvalue weighted by molar-refractivity contribution is 0.519. The largest absolute Gasteiger partial charge is 0.293 e. The monoisotopic (exact) mass is 249 g/mol. The Balaban J connectivity index is 3.32. The summed E-state index contributed by atoms with van der Waals surface area (Å²) in [7, 11) is 0. The normalized spacial score (nSPS) is 14.5. The second-order valence-corrected chi connectivity index (χ2v) is 3.99. The molecule has 1 unspecified atom stereocenters. The van der Waals surface area contributed by atoms with Gasteiger partial charge in [-0.1, -0.05) is 6.92 Å². The lowest BCUT2D eigenvalue weighted by atomic mass is 10.5. The molecule has 0 spiro atoms. The molecule has 0 aromatic rings. The summed E-state index contributed by atoms with van der Waals surface area (Å²) in [5.74, 6) is 0. The van der Waals surface area contributed by atoms with Gasteiger partial charge in [-0.05, 0) is 6.42 Å². The second-order valence-electron chi connectivity index (χ2n) is 1.27. The van der Waals surface area contributed by atoms with Gasteiger partial charge in [-0.3, -0.25) is 4.55 Å². The fourth-order valence-corrected chi connectivity index (χ4v) is 1.08. The molecule has 0 bridgehead atoms. The lowest BCUT2D eigenvalue weighted by Crippen LogP contribution is -2.13. The van der Waals surface area contributed by atoms with Crippen LogP contribution in [-0.2, 0) is 11.3 Å². The predicted octanol–water partition coefficient (Wildman–Crippen LogP) is 1.19. The SMILES string of the molecule is CCCN(I)S(=O)O. The van der Waals surface area contributed by atoms with E-state index < -0.39 is 11.3 Å². The molecular formula is C3H8INO2S. The van der Waals surface area contributed by atoms with Gasteiger partial charge >= 0.3 is 0 Å². The van der Waals surface area contributed by atoms with E-state index in [1.165, 1.54) is 2.52 Å². The first-order valence-electron chi connectivity index (χ1n) is 2.22. The minimum atomic E-state index is -1.79. The van der Waals surface area contributed by atoms with Crippen LogP contribution in [0.1, 0.15) is 13.3 Å². The summed E-state index contributed by atoms with van der Waals surface area (Å²) in [5.41, 5.74) is 0. The smallest absolute Gasteiger partial charge is 0.243 e. The van der Waals surface area contributed by atoms with Gasteiger partial charge in [0.05, 0.1) is 0 Å². The molecule has 0 saturated heterocycles. The molecule has 0 fully saturated rings. The number of hydrogen-bond acceptors (Lipinski definition) is 1. The van der Waals surface area contributed by atoms with Gasteiger partial charge in [-0.2, -0.15) is 0 Å². The molecule has 0 amide bonds. The van der Waals surface area contributed by atoms with Gasteiger partial charge in [0, 0.05) is 29.4 Å². The maximum absolute atomic E-state index is 10.1. The van der Waals surface area contributed by atoms with Crippen LogP contribution < -0.4 is 0 Å². The third-order valence-electron chi connectivity index (χ3n) is 0.569. The van der Waals surface area contributed by atoms with Crippen molar-refractivity contribution in [3.8, 4) is 0 Å². The molecule has 1 atom stereocenters. The molecule has 0 heterocycles. The Morgan fingerprint density at radius 2 is 2.38 bits per heavy atom. The third-order valence-corrected chi connectivity index (χ3v) is 2.58. The van der Waals surface area contributed by atoms with Crippen molar-refractivity contribution >= 4 is 34.1 Å². The zero-order valence-corrected chi connectivity index (χ0v) is 7.48. The molecule has 0 saturated carbocycles. The second kappa shape index (κ2) is 4.66. The molecule has 0 aromatic heterocycles. The standard InChI is InChI=1S/C3H8INO2S/c1-2-3-5(4)8(6)7/h2-3H2,1H3,(H,6,7). The van der Waals surface area contributed by atoms with Crippen LogP contribution in [0.3, 0.4) is 0 Å². The zero-order chi connectivity index (χ0) is 6.57. The van der Waals surface area contributed by atoms with Crippen LogP contribution >= 0.6 is 22.9 Å². The van der Waals surface area contributed by atoms with Crippen molar-refractivity contribution in [2.75, 3.05) is 6.54 Å². The molecule has 0 aromatic carbocycles. The fraction of sp³-hybridized carbons (Fsp3) is 1.00. The highest BCUT2D eigenvalue weighted by Crippen LogP contribution is 2.01. The summed E-state index contributed by atoms with van der Waals surface area (Å²) in [5, 5.41) is 0. The summed E-state index contributed by atoms with van der Waals surface area (Å²) in [6, 6.07) is 0. The number of rotatable bonds is 3. The van der Waals surface area contributed by atoms with Crippen molar-refractivity contribution in [1.82, 2.24) is 2.52 Å². The Labute approximate surface area is 65.4 Å². The first-order chi connectivity index (χ1) is 3.68. The zero-order valence-electron chi connectivity index (χ0n) is 4.50. The van der Waals surface area contributed by atoms with E-state index in [0.29, 0.717) is 6.54 Å². The van der Waals surface area contributed by atoms with E-state index in [1.807, 2.05) is 29.8 Å². The highest BCUT2D eigenvalue weighted by atomic mass is 127. The van der Waals surface area contributed by atoms with E-state index in [1.54, 1.807) is 0 Å². The van der Waals surface area contributed by atoms with Crippen molar-refractivity contribution in [2.45, 2.75) is 13.3 Å². The van der Waals surface area contributed by atoms with Crippen LogP contribution in [0.15, 0.2) is 0 Å². The molecule has 0 aliphatic heterocycles. The lowest BCUT2D eigenvalue weighted by Gasteiger charge is -2.04. The van der Waals surface area contributed by atoms with Gasteiger partial charge < -0.3 is 0 Å². The van der Waals surface area contributed by atoms with E-state index in [-0.39, 0.29) is 0 Å². The Morgan fingerprint density at radius 3 is 2.50 bits per heavy atom. The Bertz CT molecular complexity index is 89.4. The van der Waals surface area contributed by atoms with Crippen LogP contribution in [0.5, 0.6) is 0 Å². The Kier molecular flexibility index (Phi) is 5.12. The van der Waals surface area contributed by atoms with E-state index in [9.17, 15) is 4.21 Å². The van der Waals surface area contributed by atoms with Gasteiger partial charge in [-0.25, -0.2) is 4.21 Å². The summed E-state index contributed by atoms with van der Waals surface area (Å²) >= 11 is 0.0245. The van der Waals surface area contributed by atoms with E-state index in [2.05, 4.69) is 0 Å². The summed E-state index contributed by atoms with van der Waals surface area (Å²) < 4.78 is 19.8. The number of halogens is 1. The van der Waals surface area contributed by atoms with Crippen molar-refractivity contribution in [1.29, 1.82) is 0 Å². The molecule has 0 rings (SSSR count). The molecule has 5 heteroatoms. The quantitative estimate of drug-likeness (QED) is 0.463. The van der Waals surface area contributed by atoms with Crippen LogP contribution in [0.4, 0.5) is 0 Å². The van der Waals surface area contributed by atoms with Crippen LogP contribution in [0.25, 0.3) is 0 Å². The van der Waals surface area contributed by atoms with Crippen molar-refractivity contribution in [3.05, 3.63) is 0 Å². The van der Waals surface area contributed by atoms with Crippen LogP contribution in [-0.4, -0.2) is 17.8 Å². The summed E-state index contributed by atoms with van der Waals surface area (Å²) in [4.78, 5) is 0. The number of nitrogens with zero attached hydrogens (tertiary/aromatic N) is 1. The van der Waals surface area contributed by atoms with Crippen molar-refractivity contribution in [2.24, 2.45) is 0 Å². The summed E-state index contributed by atoms with van der Waals surface area (Å²) in [6.45, 7) is 2.61. The molecular weight excluding hydrogens is 241 g/mol. The van der Waals surface area contributed by atoms with Gasteiger partial charge in [0.2, 0.25) is 11.3 Å². The fourth-order valence-electron chi connectivity index (χ4n) is 0.254. The molecule has 0 aliphatic rings. The van der Waals surface area contributed by atoms with E-state index >= 15 is 0 Å². The average Bonchev–Trinajstić information content (AvgIpc) is 1.67. The molecule has 0 aliphatic carbocycles. The highest BCUT2D eigenvalue weighted by Gasteiger charge is 2.01. The Hall–Kier alpha value is 0.800. The molecule has 0 radical (unpaired) electrons.